The third-order valence-corrected chi connectivity index (χ3v) is 4.08. The van der Waals surface area contributed by atoms with E-state index in [1.165, 1.54) is 5.56 Å². The van der Waals surface area contributed by atoms with Gasteiger partial charge in [-0.3, -0.25) is 9.18 Å². The van der Waals surface area contributed by atoms with Gasteiger partial charge in [0.15, 0.2) is 5.43 Å². The van der Waals surface area contributed by atoms with Crippen LogP contribution in [0.25, 0.3) is 11.1 Å². The third kappa shape index (κ3) is 3.62. The first kappa shape index (κ1) is 16.2. The number of nitrogens with zero attached hydrogens (tertiary/aromatic N) is 1. The number of aromatic nitrogens is 1. The van der Waals surface area contributed by atoms with Crippen LogP contribution in [-0.2, 0) is 19.9 Å². The highest BCUT2D eigenvalue weighted by Gasteiger charge is 2.09. The van der Waals surface area contributed by atoms with Gasteiger partial charge in [0.05, 0.1) is 6.67 Å². The van der Waals surface area contributed by atoms with Gasteiger partial charge in [-0.1, -0.05) is 54.6 Å². The fourth-order valence-electron chi connectivity index (χ4n) is 2.94. The standard InChI is InChI=1S/C21H20FNO/c1-23-14-19(10-11-22)21(24)20(15-23)18-9-5-8-17(13-18)12-16-6-3-2-4-7-16/h2-9,13-15H,10-12H2,1H3. The Balaban J connectivity index is 1.99. The first-order valence-electron chi connectivity index (χ1n) is 8.06. The Morgan fingerprint density at radius 2 is 1.71 bits per heavy atom. The second-order valence-electron chi connectivity index (χ2n) is 5.99. The van der Waals surface area contributed by atoms with E-state index in [1.54, 1.807) is 6.20 Å². The van der Waals surface area contributed by atoms with Crippen molar-refractivity contribution in [3.8, 4) is 11.1 Å². The molecular formula is C21H20FNO. The molecule has 0 fully saturated rings. The summed E-state index contributed by atoms with van der Waals surface area (Å²) in [5.74, 6) is 0. The molecule has 2 nitrogen and oxygen atoms in total. The Morgan fingerprint density at radius 1 is 0.958 bits per heavy atom. The van der Waals surface area contributed by atoms with E-state index in [-0.39, 0.29) is 11.8 Å². The molecule has 0 aliphatic heterocycles. The maximum absolute atomic E-state index is 12.7. The zero-order valence-electron chi connectivity index (χ0n) is 13.7. The van der Waals surface area contributed by atoms with Crippen LogP contribution in [-0.4, -0.2) is 11.2 Å². The summed E-state index contributed by atoms with van der Waals surface area (Å²) in [6.07, 6.45) is 4.49. The van der Waals surface area contributed by atoms with Gasteiger partial charge in [0.25, 0.3) is 0 Å². The number of halogens is 1. The van der Waals surface area contributed by atoms with Crippen LogP contribution in [0, 0.1) is 0 Å². The van der Waals surface area contributed by atoms with Crippen LogP contribution in [0.2, 0.25) is 0 Å². The molecular weight excluding hydrogens is 301 g/mol. The summed E-state index contributed by atoms with van der Waals surface area (Å²) in [5, 5.41) is 0. The van der Waals surface area contributed by atoms with Gasteiger partial charge >= 0.3 is 0 Å². The number of benzene rings is 2. The quantitative estimate of drug-likeness (QED) is 0.692. The molecule has 3 aromatic rings. The van der Waals surface area contributed by atoms with Crippen LogP contribution in [0.5, 0.6) is 0 Å². The van der Waals surface area contributed by atoms with Gasteiger partial charge in [0.1, 0.15) is 0 Å². The normalized spacial score (nSPS) is 10.8. The van der Waals surface area contributed by atoms with Gasteiger partial charge in [-0.25, -0.2) is 0 Å². The molecule has 3 rings (SSSR count). The Labute approximate surface area is 141 Å². The molecule has 0 N–H and O–H groups in total. The lowest BCUT2D eigenvalue weighted by atomic mass is 9.98. The van der Waals surface area contributed by atoms with Crippen molar-refractivity contribution in [2.45, 2.75) is 12.8 Å². The van der Waals surface area contributed by atoms with E-state index in [2.05, 4.69) is 18.2 Å². The summed E-state index contributed by atoms with van der Waals surface area (Å²) >= 11 is 0. The van der Waals surface area contributed by atoms with E-state index >= 15 is 0 Å². The van der Waals surface area contributed by atoms with E-state index in [1.807, 2.05) is 54.2 Å². The number of rotatable bonds is 5. The summed E-state index contributed by atoms with van der Waals surface area (Å²) in [7, 11) is 1.86. The first-order valence-corrected chi connectivity index (χ1v) is 8.06. The van der Waals surface area contributed by atoms with Crippen LogP contribution < -0.4 is 5.43 Å². The minimum absolute atomic E-state index is 0.0809. The fraction of sp³-hybridized carbons (Fsp3) is 0.190. The molecule has 0 saturated carbocycles. The van der Waals surface area contributed by atoms with E-state index in [4.69, 9.17) is 0 Å². The molecule has 0 aliphatic carbocycles. The van der Waals surface area contributed by atoms with Crippen molar-refractivity contribution in [3.63, 3.8) is 0 Å². The van der Waals surface area contributed by atoms with E-state index in [9.17, 15) is 9.18 Å². The summed E-state index contributed by atoms with van der Waals surface area (Å²) < 4.78 is 14.5. The largest absolute Gasteiger partial charge is 0.356 e. The molecule has 24 heavy (non-hydrogen) atoms. The molecule has 0 unspecified atom stereocenters. The van der Waals surface area contributed by atoms with Gasteiger partial charge < -0.3 is 4.57 Å². The topological polar surface area (TPSA) is 22.0 Å². The number of pyridine rings is 1. The molecule has 3 heteroatoms. The van der Waals surface area contributed by atoms with Gasteiger partial charge in [-0.05, 0) is 23.1 Å². The van der Waals surface area contributed by atoms with Crippen molar-refractivity contribution in [2.75, 3.05) is 6.67 Å². The molecule has 1 aromatic heterocycles. The Kier molecular flexibility index (Phi) is 4.90. The second kappa shape index (κ2) is 7.26. The summed E-state index contributed by atoms with van der Waals surface area (Å²) in [4.78, 5) is 12.6. The molecule has 0 bridgehead atoms. The zero-order chi connectivity index (χ0) is 16.9. The Morgan fingerprint density at radius 3 is 2.46 bits per heavy atom. The van der Waals surface area contributed by atoms with E-state index < -0.39 is 6.67 Å². The molecule has 0 amide bonds. The number of hydrogen-bond acceptors (Lipinski definition) is 1. The highest BCUT2D eigenvalue weighted by Crippen LogP contribution is 2.19. The minimum Gasteiger partial charge on any atom is -0.356 e. The zero-order valence-corrected chi connectivity index (χ0v) is 13.7. The maximum atomic E-state index is 12.7. The lowest BCUT2D eigenvalue weighted by molar-refractivity contribution is 0.493. The first-order chi connectivity index (χ1) is 11.7. The predicted octanol–water partition coefficient (Wildman–Crippen LogP) is 4.16. The third-order valence-electron chi connectivity index (χ3n) is 4.08. The monoisotopic (exact) mass is 321 g/mol. The molecule has 0 atom stereocenters. The number of alkyl halides is 1. The van der Waals surface area contributed by atoms with Gasteiger partial charge in [-0.15, -0.1) is 0 Å². The highest BCUT2D eigenvalue weighted by atomic mass is 19.1. The molecule has 1 heterocycles. The minimum atomic E-state index is -0.521. The SMILES string of the molecule is Cn1cc(CCF)c(=O)c(-c2cccc(Cc3ccccc3)c2)c1. The van der Waals surface area contributed by atoms with E-state index in [0.29, 0.717) is 11.1 Å². The molecule has 2 aromatic carbocycles. The van der Waals surface area contributed by atoms with Crippen molar-refractivity contribution >= 4 is 0 Å². The van der Waals surface area contributed by atoms with Crippen LogP contribution >= 0.6 is 0 Å². The Hall–Kier alpha value is -2.68. The number of aryl methyl sites for hydroxylation is 2. The lowest BCUT2D eigenvalue weighted by Crippen LogP contribution is -2.15. The predicted molar refractivity (Wildman–Crippen MR) is 96.0 cm³/mol. The smallest absolute Gasteiger partial charge is 0.192 e. The summed E-state index contributed by atoms with van der Waals surface area (Å²) in [6, 6.07) is 18.2. The maximum Gasteiger partial charge on any atom is 0.192 e. The summed E-state index contributed by atoms with van der Waals surface area (Å²) in [5.41, 5.74) is 4.32. The van der Waals surface area contributed by atoms with Crippen LogP contribution in [0.4, 0.5) is 4.39 Å². The van der Waals surface area contributed by atoms with Crippen molar-refractivity contribution in [2.24, 2.45) is 7.05 Å². The van der Waals surface area contributed by atoms with Crippen molar-refractivity contribution < 1.29 is 4.39 Å². The molecule has 0 saturated heterocycles. The van der Waals surface area contributed by atoms with Crippen LogP contribution in [0.1, 0.15) is 16.7 Å². The highest BCUT2D eigenvalue weighted by molar-refractivity contribution is 5.64. The van der Waals surface area contributed by atoms with Crippen molar-refractivity contribution in [1.82, 2.24) is 4.57 Å². The number of hydrogen-bond donors (Lipinski definition) is 0. The Bertz CT molecular complexity index is 884. The molecule has 0 aliphatic rings. The average molecular weight is 321 g/mol. The second-order valence-corrected chi connectivity index (χ2v) is 5.99. The molecule has 0 spiro atoms. The van der Waals surface area contributed by atoms with Crippen LogP contribution in [0.15, 0.2) is 71.8 Å². The average Bonchev–Trinajstić information content (AvgIpc) is 2.59. The molecule has 0 radical (unpaired) electrons. The molecule has 122 valence electrons. The van der Waals surface area contributed by atoms with Gasteiger partial charge in [0.2, 0.25) is 0 Å². The fourth-order valence-corrected chi connectivity index (χ4v) is 2.94. The van der Waals surface area contributed by atoms with Crippen molar-refractivity contribution in [3.05, 3.63) is 93.9 Å². The van der Waals surface area contributed by atoms with Gasteiger partial charge in [-0.2, -0.15) is 0 Å². The van der Waals surface area contributed by atoms with Crippen LogP contribution in [0.3, 0.4) is 0 Å². The van der Waals surface area contributed by atoms with Gasteiger partial charge in [0, 0.05) is 37.0 Å². The lowest BCUT2D eigenvalue weighted by Gasteiger charge is -2.09. The summed E-state index contributed by atoms with van der Waals surface area (Å²) in [6.45, 7) is -0.521. The van der Waals surface area contributed by atoms with E-state index in [0.717, 1.165) is 17.5 Å². The van der Waals surface area contributed by atoms with Crippen molar-refractivity contribution in [1.29, 1.82) is 0 Å².